The highest BCUT2D eigenvalue weighted by Gasteiger charge is 2.30. The van der Waals surface area contributed by atoms with E-state index in [4.69, 9.17) is 5.26 Å². The van der Waals surface area contributed by atoms with Gasteiger partial charge in [-0.25, -0.2) is 0 Å². The van der Waals surface area contributed by atoms with Crippen molar-refractivity contribution >= 4 is 5.91 Å². The quantitative estimate of drug-likeness (QED) is 0.472. The third-order valence-electron chi connectivity index (χ3n) is 2.26. The lowest BCUT2D eigenvalue weighted by Gasteiger charge is -2.13. The number of aliphatic hydroxyl groups is 2. The molecule has 6 heteroatoms. The molecule has 0 aromatic rings. The van der Waals surface area contributed by atoms with Crippen molar-refractivity contribution in [1.29, 1.82) is 5.26 Å². The number of hydrogen-bond acceptors (Lipinski definition) is 5. The van der Waals surface area contributed by atoms with Gasteiger partial charge in [-0.15, -0.1) is 0 Å². The molecule has 0 spiro atoms. The third kappa shape index (κ3) is 3.83. The molecule has 0 aromatic heterocycles. The van der Waals surface area contributed by atoms with Crippen molar-refractivity contribution in [2.45, 2.75) is 18.6 Å². The zero-order chi connectivity index (χ0) is 11.3. The van der Waals surface area contributed by atoms with Gasteiger partial charge < -0.3 is 15.5 Å². The fraction of sp³-hybridized carbons (Fsp3) is 0.778. The van der Waals surface area contributed by atoms with Crippen LogP contribution in [0.5, 0.6) is 0 Å². The standard InChI is InChI=1S/C9H15N3O3/c10-2-1-3-11-9(15)6-12-4-7(13)8(14)5-12/h7-8,13-14H,1,3-6H2,(H,11,15). The van der Waals surface area contributed by atoms with E-state index in [1.54, 1.807) is 4.90 Å². The maximum atomic E-state index is 11.3. The van der Waals surface area contributed by atoms with E-state index >= 15 is 0 Å². The molecule has 0 aromatic carbocycles. The summed E-state index contributed by atoms with van der Waals surface area (Å²) in [4.78, 5) is 12.9. The van der Waals surface area contributed by atoms with Gasteiger partial charge in [0.05, 0.1) is 31.2 Å². The summed E-state index contributed by atoms with van der Waals surface area (Å²) in [6.45, 7) is 1.12. The Bertz CT molecular complexity index is 254. The van der Waals surface area contributed by atoms with Crippen molar-refractivity contribution < 1.29 is 15.0 Å². The zero-order valence-electron chi connectivity index (χ0n) is 8.39. The summed E-state index contributed by atoms with van der Waals surface area (Å²) in [5.41, 5.74) is 0. The molecule has 15 heavy (non-hydrogen) atoms. The van der Waals surface area contributed by atoms with Gasteiger partial charge in [0, 0.05) is 19.6 Å². The fourth-order valence-electron chi connectivity index (χ4n) is 1.49. The number of nitriles is 1. The van der Waals surface area contributed by atoms with Crippen molar-refractivity contribution in [3.63, 3.8) is 0 Å². The van der Waals surface area contributed by atoms with Gasteiger partial charge >= 0.3 is 0 Å². The van der Waals surface area contributed by atoms with E-state index in [1.165, 1.54) is 0 Å². The van der Waals surface area contributed by atoms with Crippen molar-refractivity contribution in [3.8, 4) is 6.07 Å². The first kappa shape index (κ1) is 11.9. The molecule has 1 heterocycles. The predicted molar refractivity (Wildman–Crippen MR) is 51.7 cm³/mol. The summed E-state index contributed by atoms with van der Waals surface area (Å²) in [7, 11) is 0. The van der Waals surface area contributed by atoms with Gasteiger partial charge in [-0.1, -0.05) is 0 Å². The van der Waals surface area contributed by atoms with Gasteiger partial charge in [0.2, 0.25) is 5.91 Å². The molecule has 0 radical (unpaired) electrons. The van der Waals surface area contributed by atoms with Crippen LogP contribution in [0.25, 0.3) is 0 Å². The van der Waals surface area contributed by atoms with Crippen molar-refractivity contribution in [2.24, 2.45) is 0 Å². The number of rotatable bonds is 4. The third-order valence-corrected chi connectivity index (χ3v) is 2.26. The van der Waals surface area contributed by atoms with Crippen LogP contribution in [-0.4, -0.2) is 59.4 Å². The minimum atomic E-state index is -0.767. The smallest absolute Gasteiger partial charge is 0.234 e. The van der Waals surface area contributed by atoms with Crippen LogP contribution in [0.1, 0.15) is 6.42 Å². The number of likely N-dealkylation sites (tertiary alicyclic amines) is 1. The molecule has 6 nitrogen and oxygen atoms in total. The van der Waals surface area contributed by atoms with Gasteiger partial charge in [-0.05, 0) is 0 Å². The minimum absolute atomic E-state index is 0.152. The van der Waals surface area contributed by atoms with Crippen molar-refractivity contribution in [3.05, 3.63) is 0 Å². The maximum absolute atomic E-state index is 11.3. The molecule has 1 saturated heterocycles. The van der Waals surface area contributed by atoms with E-state index in [-0.39, 0.29) is 18.9 Å². The van der Waals surface area contributed by atoms with Crippen LogP contribution in [0.15, 0.2) is 0 Å². The first-order chi connectivity index (χ1) is 7.13. The van der Waals surface area contributed by atoms with E-state index in [9.17, 15) is 15.0 Å². The van der Waals surface area contributed by atoms with Crippen LogP contribution >= 0.6 is 0 Å². The van der Waals surface area contributed by atoms with Crippen LogP contribution < -0.4 is 5.32 Å². The molecular weight excluding hydrogens is 198 g/mol. The minimum Gasteiger partial charge on any atom is -0.389 e. The Kier molecular flexibility index (Phi) is 4.49. The molecule has 0 saturated carbocycles. The average Bonchev–Trinajstić information content (AvgIpc) is 2.46. The first-order valence-corrected chi connectivity index (χ1v) is 4.85. The summed E-state index contributed by atoms with van der Waals surface area (Å²) in [6, 6.07) is 1.92. The summed E-state index contributed by atoms with van der Waals surface area (Å²) in [5.74, 6) is -0.188. The van der Waals surface area contributed by atoms with Crippen LogP contribution in [0.2, 0.25) is 0 Å². The Morgan fingerprint density at radius 2 is 2.07 bits per heavy atom. The SMILES string of the molecule is N#CCCNC(=O)CN1CC(O)C(O)C1. The van der Waals surface area contributed by atoms with E-state index in [1.807, 2.05) is 6.07 Å². The Hall–Kier alpha value is -1.16. The normalized spacial score (nSPS) is 26.2. The van der Waals surface area contributed by atoms with Crippen molar-refractivity contribution in [1.82, 2.24) is 10.2 Å². The molecule has 1 aliphatic rings. The van der Waals surface area contributed by atoms with Gasteiger partial charge in [-0.3, -0.25) is 9.69 Å². The lowest BCUT2D eigenvalue weighted by atomic mass is 10.3. The van der Waals surface area contributed by atoms with Crippen molar-refractivity contribution in [2.75, 3.05) is 26.2 Å². The largest absolute Gasteiger partial charge is 0.389 e. The van der Waals surface area contributed by atoms with Gasteiger partial charge in [0.1, 0.15) is 0 Å². The Labute approximate surface area is 88.1 Å². The Morgan fingerprint density at radius 3 is 2.60 bits per heavy atom. The summed E-state index contributed by atoms with van der Waals surface area (Å²) in [6.07, 6.45) is -1.24. The second kappa shape index (κ2) is 5.66. The molecular formula is C9H15N3O3. The summed E-state index contributed by atoms with van der Waals surface area (Å²) >= 11 is 0. The Balaban J connectivity index is 2.19. The highest BCUT2D eigenvalue weighted by Crippen LogP contribution is 2.08. The molecule has 1 rings (SSSR count). The second-order valence-corrected chi connectivity index (χ2v) is 3.59. The monoisotopic (exact) mass is 213 g/mol. The molecule has 1 amide bonds. The number of β-amino-alcohol motifs (C(OH)–C–C–N with tert-alkyl or cyclic N) is 2. The molecule has 1 fully saturated rings. The lowest BCUT2D eigenvalue weighted by molar-refractivity contribution is -0.122. The molecule has 0 bridgehead atoms. The highest BCUT2D eigenvalue weighted by molar-refractivity contribution is 5.78. The van der Waals surface area contributed by atoms with Crippen LogP contribution in [0.3, 0.4) is 0 Å². The molecule has 3 N–H and O–H groups in total. The second-order valence-electron chi connectivity index (χ2n) is 3.59. The van der Waals surface area contributed by atoms with E-state index < -0.39 is 12.2 Å². The zero-order valence-corrected chi connectivity index (χ0v) is 8.39. The van der Waals surface area contributed by atoms with E-state index in [2.05, 4.69) is 5.32 Å². The highest BCUT2D eigenvalue weighted by atomic mass is 16.3. The van der Waals surface area contributed by atoms with Crippen LogP contribution in [0.4, 0.5) is 0 Å². The first-order valence-electron chi connectivity index (χ1n) is 4.85. The predicted octanol–water partition coefficient (Wildman–Crippen LogP) is -1.95. The number of nitrogens with zero attached hydrogens (tertiary/aromatic N) is 2. The van der Waals surface area contributed by atoms with Crippen LogP contribution in [-0.2, 0) is 4.79 Å². The summed E-state index contributed by atoms with van der Waals surface area (Å²) < 4.78 is 0. The number of hydrogen-bond donors (Lipinski definition) is 3. The van der Waals surface area contributed by atoms with Gasteiger partial charge in [0.15, 0.2) is 0 Å². The number of carbonyl (C=O) groups is 1. The average molecular weight is 213 g/mol. The summed E-state index contributed by atoms with van der Waals surface area (Å²) in [5, 5.41) is 29.3. The lowest BCUT2D eigenvalue weighted by Crippen LogP contribution is -2.37. The molecule has 0 aliphatic carbocycles. The number of nitrogens with one attached hydrogen (secondary N) is 1. The van der Waals surface area contributed by atoms with Gasteiger partial charge in [0.25, 0.3) is 0 Å². The van der Waals surface area contributed by atoms with E-state index in [0.29, 0.717) is 19.6 Å². The molecule has 84 valence electrons. The van der Waals surface area contributed by atoms with Gasteiger partial charge in [-0.2, -0.15) is 5.26 Å². The molecule has 2 atom stereocenters. The topological polar surface area (TPSA) is 96.6 Å². The van der Waals surface area contributed by atoms with Crippen LogP contribution in [0, 0.1) is 11.3 Å². The number of carbonyl (C=O) groups excluding carboxylic acids is 1. The number of amides is 1. The van der Waals surface area contributed by atoms with E-state index in [0.717, 1.165) is 0 Å². The fourth-order valence-corrected chi connectivity index (χ4v) is 1.49. The maximum Gasteiger partial charge on any atom is 0.234 e. The molecule has 1 aliphatic heterocycles. The molecule has 2 unspecified atom stereocenters. The number of aliphatic hydroxyl groups excluding tert-OH is 2. The Morgan fingerprint density at radius 1 is 1.47 bits per heavy atom.